The third-order valence-electron chi connectivity index (χ3n) is 3.85. The van der Waals surface area contributed by atoms with Gasteiger partial charge in [0.05, 0.1) is 5.71 Å². The van der Waals surface area contributed by atoms with Crippen molar-refractivity contribution in [3.63, 3.8) is 0 Å². The van der Waals surface area contributed by atoms with Crippen molar-refractivity contribution in [3.05, 3.63) is 59.9 Å². The minimum Gasteiger partial charge on any atom is -0.508 e. The molecule has 1 fully saturated rings. The van der Waals surface area contributed by atoms with Gasteiger partial charge in [-0.25, -0.2) is 4.39 Å². The lowest BCUT2D eigenvalue weighted by Crippen LogP contribution is -2.28. The average Bonchev–Trinajstić information content (AvgIpc) is 3.01. The maximum Gasteiger partial charge on any atom is 0.240 e. The average molecular weight is 400 g/mol. The molecule has 2 aromatic rings. The normalized spacial score (nSPS) is 18.2. The van der Waals surface area contributed by atoms with E-state index in [0.29, 0.717) is 16.6 Å². The zero-order valence-corrected chi connectivity index (χ0v) is 15.7. The molecule has 144 valence electrons. The number of aromatic hydroxyl groups is 1. The summed E-state index contributed by atoms with van der Waals surface area (Å²) in [4.78, 5) is 24.1. The largest absolute Gasteiger partial charge is 0.508 e. The van der Waals surface area contributed by atoms with E-state index in [1.807, 2.05) is 0 Å². The number of phenols is 1. The summed E-state index contributed by atoms with van der Waals surface area (Å²) < 4.78 is 12.9. The van der Waals surface area contributed by atoms with Crippen LogP contribution in [-0.2, 0) is 9.59 Å². The number of amides is 2. The van der Waals surface area contributed by atoms with Crippen LogP contribution in [0.2, 0.25) is 0 Å². The van der Waals surface area contributed by atoms with Crippen molar-refractivity contribution in [1.29, 1.82) is 0 Å². The quantitative estimate of drug-likeness (QED) is 0.530. The molecule has 3 N–H and O–H groups in total. The molecule has 2 aromatic carbocycles. The Balaban J connectivity index is 1.58. The van der Waals surface area contributed by atoms with E-state index in [1.165, 1.54) is 24.3 Å². The molecule has 0 radical (unpaired) electrons. The van der Waals surface area contributed by atoms with Gasteiger partial charge < -0.3 is 15.7 Å². The Morgan fingerprint density at radius 3 is 2.57 bits per heavy atom. The van der Waals surface area contributed by atoms with E-state index in [2.05, 4.69) is 20.8 Å². The van der Waals surface area contributed by atoms with Crippen LogP contribution in [0.15, 0.2) is 58.7 Å². The fraction of sp³-hybridized carbons (Fsp3) is 0.158. The Labute approximate surface area is 164 Å². The maximum absolute atomic E-state index is 12.9. The van der Waals surface area contributed by atoms with Crippen molar-refractivity contribution in [3.8, 4) is 5.75 Å². The Kier molecular flexibility index (Phi) is 6.05. The molecule has 0 bridgehead atoms. The number of phenolic OH excluding ortho intramolecular Hbond substituents is 1. The molecule has 1 saturated heterocycles. The molecular formula is C19H17FN4O3S. The number of rotatable bonds is 5. The van der Waals surface area contributed by atoms with E-state index in [4.69, 9.17) is 0 Å². The minimum absolute atomic E-state index is 0.0481. The fourth-order valence-electron chi connectivity index (χ4n) is 2.38. The monoisotopic (exact) mass is 400 g/mol. The Morgan fingerprint density at radius 2 is 1.89 bits per heavy atom. The standard InChI is InChI=1S/C19H17FN4O3S/c1-11(12-2-8-15(25)9-3-12)23-24-19-22-18(27)16(28-19)10-17(26)21-14-6-4-13(20)5-7-14/h2-9,16,25H,10H2,1H3,(H,21,26)(H,22,24,27)/b23-11-/t16-/m0/s1. The van der Waals surface area contributed by atoms with Gasteiger partial charge in [-0.3, -0.25) is 9.59 Å². The smallest absolute Gasteiger partial charge is 0.240 e. The van der Waals surface area contributed by atoms with Crippen LogP contribution in [0.25, 0.3) is 0 Å². The minimum atomic E-state index is -0.622. The first-order valence-electron chi connectivity index (χ1n) is 8.35. The molecule has 2 amide bonds. The van der Waals surface area contributed by atoms with Crippen LogP contribution in [0.4, 0.5) is 10.1 Å². The van der Waals surface area contributed by atoms with E-state index in [-0.39, 0.29) is 24.0 Å². The molecule has 28 heavy (non-hydrogen) atoms. The number of hydrogen-bond donors (Lipinski definition) is 3. The maximum atomic E-state index is 12.9. The molecule has 1 heterocycles. The van der Waals surface area contributed by atoms with Gasteiger partial charge >= 0.3 is 0 Å². The van der Waals surface area contributed by atoms with Gasteiger partial charge in [-0.05, 0) is 61.0 Å². The first-order chi connectivity index (χ1) is 13.4. The molecule has 0 aliphatic carbocycles. The number of carbonyl (C=O) groups excluding carboxylic acids is 2. The summed E-state index contributed by atoms with van der Waals surface area (Å²) in [5.74, 6) is -0.921. The highest BCUT2D eigenvalue weighted by Crippen LogP contribution is 2.23. The summed E-state index contributed by atoms with van der Waals surface area (Å²) in [5.41, 5.74) is 1.85. The number of carbonyl (C=O) groups is 2. The number of hydrogen-bond acceptors (Lipinski definition) is 6. The number of amidine groups is 1. The topological polar surface area (TPSA) is 103 Å². The molecule has 9 heteroatoms. The Morgan fingerprint density at radius 1 is 1.21 bits per heavy atom. The Hall–Kier alpha value is -3.20. The molecule has 0 unspecified atom stereocenters. The number of nitrogens with zero attached hydrogens (tertiary/aromatic N) is 2. The van der Waals surface area contributed by atoms with Gasteiger partial charge in [0.2, 0.25) is 11.8 Å². The van der Waals surface area contributed by atoms with Crippen LogP contribution in [0.5, 0.6) is 5.75 Å². The third kappa shape index (κ3) is 5.17. The zero-order valence-electron chi connectivity index (χ0n) is 14.8. The highest BCUT2D eigenvalue weighted by atomic mass is 32.2. The van der Waals surface area contributed by atoms with Crippen LogP contribution in [0.3, 0.4) is 0 Å². The van der Waals surface area contributed by atoms with Crippen LogP contribution in [0.1, 0.15) is 18.9 Å². The predicted molar refractivity (Wildman–Crippen MR) is 107 cm³/mol. The van der Waals surface area contributed by atoms with E-state index in [9.17, 15) is 19.1 Å². The van der Waals surface area contributed by atoms with E-state index >= 15 is 0 Å². The predicted octanol–water partition coefficient (Wildman–Crippen LogP) is 2.87. The van der Waals surface area contributed by atoms with Gasteiger partial charge in [-0.2, -0.15) is 5.10 Å². The second-order valence-corrected chi connectivity index (χ2v) is 7.18. The molecule has 1 aliphatic heterocycles. The molecule has 1 atom stereocenters. The van der Waals surface area contributed by atoms with Gasteiger partial charge in [-0.15, -0.1) is 5.10 Å². The van der Waals surface area contributed by atoms with E-state index < -0.39 is 11.1 Å². The van der Waals surface area contributed by atoms with Gasteiger partial charge in [0.1, 0.15) is 16.8 Å². The van der Waals surface area contributed by atoms with Crippen molar-refractivity contribution in [1.82, 2.24) is 5.32 Å². The molecule has 0 spiro atoms. The molecule has 1 aliphatic rings. The number of thioether (sulfide) groups is 1. The fourth-order valence-corrected chi connectivity index (χ4v) is 3.30. The van der Waals surface area contributed by atoms with Crippen molar-refractivity contribution in [2.75, 3.05) is 5.32 Å². The van der Waals surface area contributed by atoms with E-state index in [1.54, 1.807) is 31.2 Å². The van der Waals surface area contributed by atoms with Crippen LogP contribution in [-0.4, -0.2) is 33.1 Å². The SMILES string of the molecule is C/C(=N/N=C1/NC(=O)[C@H](CC(=O)Nc2ccc(F)cc2)S1)c1ccc(O)cc1. The number of halogens is 1. The summed E-state index contributed by atoms with van der Waals surface area (Å²) in [6, 6.07) is 11.9. The number of nitrogens with one attached hydrogen (secondary N) is 2. The number of benzene rings is 2. The summed E-state index contributed by atoms with van der Waals surface area (Å²) in [5, 5.41) is 22.3. The zero-order chi connectivity index (χ0) is 20.1. The van der Waals surface area contributed by atoms with Crippen molar-refractivity contribution in [2.45, 2.75) is 18.6 Å². The van der Waals surface area contributed by atoms with Gasteiger partial charge in [0.15, 0.2) is 5.17 Å². The van der Waals surface area contributed by atoms with Crippen LogP contribution in [0, 0.1) is 5.82 Å². The Bertz CT molecular complexity index is 943. The molecular weight excluding hydrogens is 383 g/mol. The summed E-state index contributed by atoms with van der Waals surface area (Å²) >= 11 is 1.12. The lowest BCUT2D eigenvalue weighted by Gasteiger charge is -2.07. The highest BCUT2D eigenvalue weighted by molar-refractivity contribution is 8.15. The highest BCUT2D eigenvalue weighted by Gasteiger charge is 2.32. The summed E-state index contributed by atoms with van der Waals surface area (Å²) in [6.45, 7) is 1.76. The van der Waals surface area contributed by atoms with Gasteiger partial charge in [-0.1, -0.05) is 11.8 Å². The van der Waals surface area contributed by atoms with Crippen molar-refractivity contribution < 1.29 is 19.1 Å². The number of anilines is 1. The first-order valence-corrected chi connectivity index (χ1v) is 9.23. The van der Waals surface area contributed by atoms with Crippen LogP contribution >= 0.6 is 11.8 Å². The molecule has 0 aromatic heterocycles. The summed E-state index contributed by atoms with van der Waals surface area (Å²) in [7, 11) is 0. The van der Waals surface area contributed by atoms with Gasteiger partial charge in [0, 0.05) is 12.1 Å². The molecule has 7 nitrogen and oxygen atoms in total. The lowest BCUT2D eigenvalue weighted by molar-refractivity contribution is -0.122. The second kappa shape index (κ2) is 8.66. The van der Waals surface area contributed by atoms with Crippen LogP contribution < -0.4 is 10.6 Å². The second-order valence-electron chi connectivity index (χ2n) is 5.99. The van der Waals surface area contributed by atoms with Gasteiger partial charge in [0.25, 0.3) is 0 Å². The van der Waals surface area contributed by atoms with Crippen molar-refractivity contribution in [2.24, 2.45) is 10.2 Å². The third-order valence-corrected chi connectivity index (χ3v) is 4.92. The molecule has 3 rings (SSSR count). The summed E-state index contributed by atoms with van der Waals surface area (Å²) in [6.07, 6.45) is -0.0481. The van der Waals surface area contributed by atoms with Crippen molar-refractivity contribution >= 4 is 40.1 Å². The molecule has 0 saturated carbocycles. The lowest BCUT2D eigenvalue weighted by atomic mass is 10.1. The first kappa shape index (κ1) is 19.6. The van der Waals surface area contributed by atoms with E-state index in [0.717, 1.165) is 17.3 Å².